The van der Waals surface area contributed by atoms with Crippen molar-refractivity contribution < 1.29 is 105 Å². The molecule has 3 fully saturated rings. The molecular formula is C98H188F24. The van der Waals surface area contributed by atoms with Crippen LogP contribution in [-0.4, -0.2) is 49.4 Å². The van der Waals surface area contributed by atoms with E-state index in [1.54, 1.807) is 62.3 Å². The third-order valence-corrected chi connectivity index (χ3v) is 31.0. The number of alkyl halides is 24. The zero-order valence-corrected chi connectivity index (χ0v) is 86.3. The van der Waals surface area contributed by atoms with E-state index < -0.39 is 112 Å². The fraction of sp³-hybridized carbons (Fsp3) is 1.00. The van der Waals surface area contributed by atoms with Crippen LogP contribution in [0.3, 0.4) is 0 Å². The van der Waals surface area contributed by atoms with Gasteiger partial charge in [0.1, 0.15) is 0 Å². The van der Waals surface area contributed by atoms with E-state index in [-0.39, 0.29) is 52.8 Å². The summed E-state index contributed by atoms with van der Waals surface area (Å²) in [6.07, 6.45) is -25.7. The summed E-state index contributed by atoms with van der Waals surface area (Å²) < 4.78 is 294. The molecule has 3 aliphatic rings. The third kappa shape index (κ3) is 51.2. The minimum Gasteiger partial charge on any atom is -0.171 e. The normalized spacial score (nSPS) is 21.8. The third-order valence-electron chi connectivity index (χ3n) is 31.0. The lowest BCUT2D eigenvalue weighted by Gasteiger charge is -2.49. The Morgan fingerprint density at radius 3 is 0.705 bits per heavy atom. The predicted octanol–water partition coefficient (Wildman–Crippen LogP) is 40.2. The van der Waals surface area contributed by atoms with Crippen molar-refractivity contribution in [1.82, 2.24) is 0 Å². The molecule has 0 aromatic carbocycles. The van der Waals surface area contributed by atoms with Crippen LogP contribution in [0.25, 0.3) is 0 Å². The number of hydrogen-bond acceptors (Lipinski definition) is 0. The van der Waals surface area contributed by atoms with Crippen LogP contribution in [0.2, 0.25) is 0 Å². The van der Waals surface area contributed by atoms with Crippen molar-refractivity contribution in [2.24, 2.45) is 172 Å². The molecule has 0 heterocycles. The maximum atomic E-state index is 12.6. The van der Waals surface area contributed by atoms with E-state index in [2.05, 4.69) is 145 Å². The highest BCUT2D eigenvalue weighted by Crippen LogP contribution is 2.54. The molecule has 0 aromatic heterocycles. The molecule has 0 nitrogen and oxygen atoms in total. The van der Waals surface area contributed by atoms with E-state index in [0.717, 1.165) is 56.3 Å². The average molecular weight is 1820 g/mol. The molecule has 3 rings (SSSR count). The molecule has 0 saturated heterocycles. The summed E-state index contributed by atoms with van der Waals surface area (Å²) in [4.78, 5) is 0. The Morgan fingerprint density at radius 2 is 0.574 bits per heavy atom. The Hall–Kier alpha value is -1.68. The molecule has 0 aromatic rings. The van der Waals surface area contributed by atoms with E-state index >= 15 is 0 Å². The first kappa shape index (κ1) is 136. The van der Waals surface area contributed by atoms with Gasteiger partial charge in [-0.3, -0.25) is 0 Å². The van der Waals surface area contributed by atoms with E-state index in [1.165, 1.54) is 48.5 Å². The molecule has 6 unspecified atom stereocenters. The number of rotatable bonds is 9. The van der Waals surface area contributed by atoms with E-state index in [9.17, 15) is 105 Å². The molecule has 0 amide bonds. The van der Waals surface area contributed by atoms with Gasteiger partial charge in [0.05, 0.1) is 46.3 Å². The van der Waals surface area contributed by atoms with E-state index in [4.69, 9.17) is 0 Å². The lowest BCUT2D eigenvalue weighted by atomic mass is 9.56. The monoisotopic (exact) mass is 1820 g/mol. The Bertz CT molecular complexity index is 2520. The Morgan fingerprint density at radius 1 is 0.254 bits per heavy atom. The smallest absolute Gasteiger partial charge is 0.171 e. The van der Waals surface area contributed by atoms with Gasteiger partial charge >= 0.3 is 49.4 Å². The van der Waals surface area contributed by atoms with Gasteiger partial charge in [0.25, 0.3) is 0 Å². The van der Waals surface area contributed by atoms with Crippen molar-refractivity contribution in [3.8, 4) is 0 Å². The topological polar surface area (TPSA) is 0 Å². The maximum absolute atomic E-state index is 12.6. The highest BCUT2D eigenvalue weighted by molar-refractivity contribution is 4.93. The first-order valence-corrected chi connectivity index (χ1v) is 45.0. The van der Waals surface area contributed by atoms with Crippen molar-refractivity contribution >= 4 is 0 Å². The predicted molar refractivity (Wildman–Crippen MR) is 470 cm³/mol. The molecule has 0 bridgehead atoms. The van der Waals surface area contributed by atoms with Crippen molar-refractivity contribution in [3.63, 3.8) is 0 Å². The first-order chi connectivity index (χ1) is 52.5. The van der Waals surface area contributed by atoms with Gasteiger partial charge in [0.15, 0.2) is 0 Å². The number of hydrogen-bond donors (Lipinski definition) is 0. The fourth-order valence-electron chi connectivity index (χ4n) is 12.8. The second-order valence-corrected chi connectivity index (χ2v) is 47.4. The molecule has 122 heavy (non-hydrogen) atoms. The van der Waals surface area contributed by atoms with Crippen LogP contribution in [0, 0.1) is 172 Å². The largest absolute Gasteiger partial charge is 0.394 e. The summed E-state index contributed by atoms with van der Waals surface area (Å²) >= 11 is 0. The average Bonchev–Trinajstić information content (AvgIpc) is 0.806. The second-order valence-electron chi connectivity index (χ2n) is 47.4. The lowest BCUT2D eigenvalue weighted by Crippen LogP contribution is -2.43. The van der Waals surface area contributed by atoms with Crippen molar-refractivity contribution in [3.05, 3.63) is 0 Å². The summed E-state index contributed by atoms with van der Waals surface area (Å²) in [5.41, 5.74) is -2.52. The second kappa shape index (κ2) is 51.4. The van der Waals surface area contributed by atoms with Crippen LogP contribution in [0.1, 0.15) is 410 Å². The molecule has 3 aliphatic carbocycles. The fourth-order valence-corrected chi connectivity index (χ4v) is 12.8. The minimum absolute atomic E-state index is 0.0362. The summed E-state index contributed by atoms with van der Waals surface area (Å²) in [6.45, 7) is 94.4. The van der Waals surface area contributed by atoms with Gasteiger partial charge < -0.3 is 0 Å². The Labute approximate surface area is 733 Å². The van der Waals surface area contributed by atoms with Gasteiger partial charge in [-0.05, 0) is 158 Å². The van der Waals surface area contributed by atoms with E-state index in [0.29, 0.717) is 70.5 Å². The van der Waals surface area contributed by atoms with Gasteiger partial charge in [-0.25, -0.2) is 0 Å². The minimum atomic E-state index is -4.13. The van der Waals surface area contributed by atoms with Gasteiger partial charge in [0, 0.05) is 0 Å². The number of halogens is 24. The summed E-state index contributed by atoms with van der Waals surface area (Å²) in [7, 11) is 0. The SMILES string of the molecule is CC(C)(C)C(C)(C)C(C)(C)C.CC(C)(C)C(C)(C)C(F)(F)F.CC(C)C(C)(C)C(C)(C)C.CC(C)C(C)(C)C(C)C(F)(F)F.CC(C)[C@@H](C)C(C)(C)C.CC(C)[C@@H](C)C(C)C(F)(F)F.CC(C)[C@@H](C)C(C)C(F)(F)F.CC1CCC(C(F)(F)F)CC1.CC1CCCC(C(F)(F)F)[C@@H]1C.C[C@@H]1CCCC(C(F)(F)F)C1.C[C@H](C(C)(C)C)C(C)(C)C(F)(F)F. The van der Waals surface area contributed by atoms with Crippen LogP contribution in [-0.2, 0) is 0 Å². The molecule has 0 radical (unpaired) electrons. The standard InChI is InChI=1S/C11H24.C10H19F3.C10H22.C9H15F3.C9H17F3.C9H20.2C8H13F3.3C8H15F3/c1-9(2,3)11(7,8)10(4,5)6;1-7(8(2,3)4)9(5,6)10(11,12)13;1-8(2)10(6,7)9(3,4)5;1-6-4-3-5-8(7(6)2)9(10,11)12;1-6(2)8(4,5)7(3)9(10,11)12;1-7(2)8(3)9(4,5)6;1-6-2-4-7(5-3-6)8(9,10)11;1-6-3-2-4-7(5-6)8(9,10)11;1-6(2,3)7(4,5)8(9,10)11;2*1-5(2)6(3)7(4)8(9,10)11/h1-8H3;7H,1-6H3;8H,1-7H3;6-8H,3-5H2,1-2H3;6-7H,1-5H3;7-8H,1-6H3;2*6-7H,2-5H2,1H3;1-5H3;2*5-7H,1-4H3/t;7-;;6?,7-,8?;;8-;;6-,7?;;2*6-,7?/m.1.1.1.1.11/s1. The van der Waals surface area contributed by atoms with Crippen molar-refractivity contribution in [2.75, 3.05) is 0 Å². The summed E-state index contributed by atoms with van der Waals surface area (Å²) in [5, 5.41) is 0. The zero-order chi connectivity index (χ0) is 101. The molecule has 0 aliphatic heterocycles. The zero-order valence-electron chi connectivity index (χ0n) is 86.3. The van der Waals surface area contributed by atoms with Crippen molar-refractivity contribution in [1.29, 1.82) is 0 Å². The molecule has 3 saturated carbocycles. The van der Waals surface area contributed by atoms with Crippen LogP contribution in [0.15, 0.2) is 0 Å². The quantitative estimate of drug-likeness (QED) is 0.202. The lowest BCUT2D eigenvalue weighted by molar-refractivity contribution is -0.243. The molecule has 0 spiro atoms. The first-order valence-electron chi connectivity index (χ1n) is 45.0. The maximum Gasteiger partial charge on any atom is 0.394 e. The molecular weight excluding hydrogens is 1630 g/mol. The molecule has 0 N–H and O–H groups in total. The molecule has 748 valence electrons. The van der Waals surface area contributed by atoms with Gasteiger partial charge in [-0.2, -0.15) is 105 Å². The highest BCUT2D eigenvalue weighted by atomic mass is 19.4. The van der Waals surface area contributed by atoms with Crippen LogP contribution in [0.4, 0.5) is 105 Å². The molecule has 24 heteroatoms. The van der Waals surface area contributed by atoms with Crippen LogP contribution < -0.4 is 0 Å². The Balaban J connectivity index is -0.000000195. The van der Waals surface area contributed by atoms with Crippen LogP contribution in [0.5, 0.6) is 0 Å². The van der Waals surface area contributed by atoms with Crippen LogP contribution >= 0.6 is 0 Å². The van der Waals surface area contributed by atoms with Gasteiger partial charge in [-0.1, -0.05) is 378 Å². The van der Waals surface area contributed by atoms with E-state index in [1.807, 2.05) is 83.1 Å². The van der Waals surface area contributed by atoms with Gasteiger partial charge in [-0.15, -0.1) is 0 Å². The Kier molecular flexibility index (Phi) is 57.2. The van der Waals surface area contributed by atoms with Crippen molar-refractivity contribution in [2.45, 2.75) is 459 Å². The summed E-state index contributed by atoms with van der Waals surface area (Å²) in [5.74, 6) is -4.33. The molecule has 12 atom stereocenters. The summed E-state index contributed by atoms with van der Waals surface area (Å²) in [6, 6.07) is 0. The van der Waals surface area contributed by atoms with Gasteiger partial charge in [0.2, 0.25) is 0 Å². The highest BCUT2D eigenvalue weighted by Gasteiger charge is 2.56.